The average molecular weight is 365 g/mol. The van der Waals surface area contributed by atoms with Gasteiger partial charge in [0, 0.05) is 19.5 Å². The van der Waals surface area contributed by atoms with Gasteiger partial charge in [-0.1, -0.05) is 45.0 Å². The van der Waals surface area contributed by atoms with Crippen molar-refractivity contribution in [2.24, 2.45) is 10.4 Å². The molecule has 0 saturated carbocycles. The summed E-state index contributed by atoms with van der Waals surface area (Å²) in [5, 5.41) is 0. The lowest BCUT2D eigenvalue weighted by molar-refractivity contribution is 0.135. The minimum Gasteiger partial charge on any atom is -0.382 e. The lowest BCUT2D eigenvalue weighted by Gasteiger charge is -2.31. The van der Waals surface area contributed by atoms with Crippen LogP contribution in [0.4, 0.5) is 0 Å². The van der Waals surface area contributed by atoms with Crippen LogP contribution in [-0.4, -0.2) is 43.4 Å². The molecule has 0 amide bonds. The zero-order chi connectivity index (χ0) is 18.3. The molecule has 1 aromatic rings. The highest BCUT2D eigenvalue weighted by Crippen LogP contribution is 2.32. The Bertz CT molecular complexity index is 553. The van der Waals surface area contributed by atoms with Crippen LogP contribution in [0.25, 0.3) is 0 Å². The first-order valence-corrected chi connectivity index (χ1v) is 9.92. The second kappa shape index (κ2) is 9.59. The average Bonchev–Trinajstić information content (AvgIpc) is 2.75. The summed E-state index contributed by atoms with van der Waals surface area (Å²) in [4.78, 5) is 7.35. The van der Waals surface area contributed by atoms with Crippen molar-refractivity contribution in [2.75, 3.05) is 26.1 Å². The molecule has 25 heavy (non-hydrogen) atoms. The van der Waals surface area contributed by atoms with E-state index in [-0.39, 0.29) is 11.5 Å². The number of hydrogen-bond donors (Lipinski definition) is 0. The molecule has 1 aromatic carbocycles. The third kappa shape index (κ3) is 5.72. The lowest BCUT2D eigenvalue weighted by Crippen LogP contribution is -2.33. The largest absolute Gasteiger partial charge is 0.382 e. The van der Waals surface area contributed by atoms with Gasteiger partial charge in [0.15, 0.2) is 0 Å². The maximum atomic E-state index is 6.00. The zero-order valence-corrected chi connectivity index (χ0v) is 16.9. The van der Waals surface area contributed by atoms with E-state index in [1.54, 1.807) is 7.11 Å². The molecule has 2 rings (SSSR count). The molecule has 3 nitrogen and oxygen atoms in total. The molecule has 1 aliphatic rings. The lowest BCUT2D eigenvalue weighted by atomic mass is 9.88. The minimum absolute atomic E-state index is 0.0852. The summed E-state index contributed by atoms with van der Waals surface area (Å²) in [6.07, 6.45) is 6.46. The van der Waals surface area contributed by atoms with Crippen molar-refractivity contribution in [3.8, 4) is 0 Å². The van der Waals surface area contributed by atoms with E-state index in [0.29, 0.717) is 18.5 Å². The molecular weight excluding hydrogens is 332 g/mol. The predicted octanol–water partition coefficient (Wildman–Crippen LogP) is 5.08. The second-order valence-electron chi connectivity index (χ2n) is 7.99. The topological polar surface area (TPSA) is 24.8 Å². The van der Waals surface area contributed by atoms with Crippen molar-refractivity contribution in [1.29, 1.82) is 0 Å². The van der Waals surface area contributed by atoms with Crippen LogP contribution in [0.15, 0.2) is 29.3 Å². The highest BCUT2D eigenvalue weighted by molar-refractivity contribution is 6.17. The predicted molar refractivity (Wildman–Crippen MR) is 108 cm³/mol. The Kier molecular flexibility index (Phi) is 7.77. The molecule has 2 atom stereocenters. The Morgan fingerprint density at radius 1 is 1.36 bits per heavy atom. The van der Waals surface area contributed by atoms with Crippen LogP contribution in [0.3, 0.4) is 0 Å². The van der Waals surface area contributed by atoms with Crippen LogP contribution in [0, 0.1) is 5.41 Å². The molecule has 0 fully saturated rings. The van der Waals surface area contributed by atoms with Crippen molar-refractivity contribution in [3.05, 3.63) is 35.4 Å². The van der Waals surface area contributed by atoms with Gasteiger partial charge in [-0.15, -0.1) is 11.6 Å². The van der Waals surface area contributed by atoms with Gasteiger partial charge in [0.1, 0.15) is 0 Å². The standard InChI is InChI=1S/C21H33ClN2O/c1-21(2,3)20(15-25-4)23-16-24-14-8-10-17-9-5-6-11-18(17)19(24)12-7-13-22/h5-6,9,11,16,19-20H,7-8,10,12-15H2,1-4H3/t19-,20?/m0/s1. The highest BCUT2D eigenvalue weighted by atomic mass is 35.5. The van der Waals surface area contributed by atoms with Gasteiger partial charge in [0.05, 0.1) is 25.0 Å². The van der Waals surface area contributed by atoms with Crippen molar-refractivity contribution in [1.82, 2.24) is 4.90 Å². The van der Waals surface area contributed by atoms with Gasteiger partial charge in [-0.05, 0) is 42.2 Å². The Hall–Kier alpha value is -1.06. The van der Waals surface area contributed by atoms with Crippen molar-refractivity contribution in [2.45, 2.75) is 58.5 Å². The smallest absolute Gasteiger partial charge is 0.0859 e. The number of fused-ring (bicyclic) bond motifs is 1. The van der Waals surface area contributed by atoms with E-state index in [1.807, 2.05) is 0 Å². The molecule has 0 aliphatic carbocycles. The van der Waals surface area contributed by atoms with E-state index in [1.165, 1.54) is 11.1 Å². The van der Waals surface area contributed by atoms with Gasteiger partial charge in [-0.2, -0.15) is 0 Å². The normalized spacial score (nSPS) is 19.7. The molecule has 0 aromatic heterocycles. The monoisotopic (exact) mass is 364 g/mol. The van der Waals surface area contributed by atoms with E-state index in [2.05, 4.69) is 56.3 Å². The fourth-order valence-corrected chi connectivity index (χ4v) is 3.60. The third-order valence-corrected chi connectivity index (χ3v) is 5.27. The quantitative estimate of drug-likeness (QED) is 0.382. The molecule has 1 unspecified atom stereocenters. The molecular formula is C21H33ClN2O. The number of hydrogen-bond acceptors (Lipinski definition) is 2. The zero-order valence-electron chi connectivity index (χ0n) is 16.2. The fraction of sp³-hybridized carbons (Fsp3) is 0.667. The van der Waals surface area contributed by atoms with Gasteiger partial charge < -0.3 is 9.64 Å². The second-order valence-corrected chi connectivity index (χ2v) is 8.37. The Morgan fingerprint density at radius 3 is 2.80 bits per heavy atom. The molecule has 1 aliphatic heterocycles. The van der Waals surface area contributed by atoms with Crippen LogP contribution >= 0.6 is 11.6 Å². The first-order chi connectivity index (χ1) is 12.0. The van der Waals surface area contributed by atoms with E-state index < -0.39 is 0 Å². The van der Waals surface area contributed by atoms with Gasteiger partial charge in [0.25, 0.3) is 0 Å². The number of alkyl halides is 1. The summed E-state index contributed by atoms with van der Waals surface area (Å²) >= 11 is 6.00. The van der Waals surface area contributed by atoms with Crippen LogP contribution in [-0.2, 0) is 11.2 Å². The maximum absolute atomic E-state index is 6.00. The summed E-state index contributed by atoms with van der Waals surface area (Å²) in [7, 11) is 1.75. The van der Waals surface area contributed by atoms with Crippen molar-refractivity contribution in [3.63, 3.8) is 0 Å². The number of aryl methyl sites for hydroxylation is 1. The number of rotatable bonds is 7. The van der Waals surface area contributed by atoms with E-state index >= 15 is 0 Å². The molecule has 0 bridgehead atoms. The van der Waals surface area contributed by atoms with Gasteiger partial charge in [-0.25, -0.2) is 0 Å². The Balaban J connectivity index is 2.25. The number of methoxy groups -OCH3 is 1. The summed E-state index contributed by atoms with van der Waals surface area (Å²) in [6, 6.07) is 9.36. The Labute approximate surface area is 158 Å². The van der Waals surface area contributed by atoms with Crippen LogP contribution < -0.4 is 0 Å². The summed E-state index contributed by atoms with van der Waals surface area (Å²) in [5.41, 5.74) is 3.00. The minimum atomic E-state index is 0.0852. The number of aliphatic imine (C=N–C) groups is 1. The molecule has 0 spiro atoms. The van der Waals surface area contributed by atoms with Gasteiger partial charge in [-0.3, -0.25) is 4.99 Å². The third-order valence-electron chi connectivity index (χ3n) is 5.01. The van der Waals surface area contributed by atoms with E-state index in [9.17, 15) is 0 Å². The highest BCUT2D eigenvalue weighted by Gasteiger charge is 2.26. The number of halogens is 1. The molecule has 140 valence electrons. The maximum Gasteiger partial charge on any atom is 0.0859 e. The molecule has 1 heterocycles. The van der Waals surface area contributed by atoms with Crippen LogP contribution in [0.2, 0.25) is 0 Å². The van der Waals surface area contributed by atoms with Crippen LogP contribution in [0.5, 0.6) is 0 Å². The van der Waals surface area contributed by atoms with Crippen molar-refractivity contribution < 1.29 is 4.74 Å². The van der Waals surface area contributed by atoms with Gasteiger partial charge in [0.2, 0.25) is 0 Å². The Morgan fingerprint density at radius 2 is 2.12 bits per heavy atom. The van der Waals surface area contributed by atoms with Crippen molar-refractivity contribution >= 4 is 17.9 Å². The fourth-order valence-electron chi connectivity index (χ4n) is 3.44. The molecule has 0 radical (unpaired) electrons. The first kappa shape index (κ1) is 20.3. The first-order valence-electron chi connectivity index (χ1n) is 9.39. The molecule has 4 heteroatoms. The van der Waals surface area contributed by atoms with E-state index in [4.69, 9.17) is 21.3 Å². The number of benzene rings is 1. The van der Waals surface area contributed by atoms with Gasteiger partial charge >= 0.3 is 0 Å². The summed E-state index contributed by atoms with van der Waals surface area (Å²) in [6.45, 7) is 8.34. The SMILES string of the molecule is COCC(N=CN1CCCc2ccccc2[C@@H]1CCCCl)C(C)(C)C. The molecule has 0 N–H and O–H groups in total. The summed E-state index contributed by atoms with van der Waals surface area (Å²) in [5.74, 6) is 0.706. The van der Waals surface area contributed by atoms with Crippen LogP contribution in [0.1, 0.15) is 57.2 Å². The molecule has 0 saturated heterocycles. The summed E-state index contributed by atoms with van der Waals surface area (Å²) < 4.78 is 5.39. The number of ether oxygens (including phenoxy) is 1. The van der Waals surface area contributed by atoms with E-state index in [0.717, 1.165) is 32.2 Å². The number of nitrogens with zero attached hydrogens (tertiary/aromatic N) is 2.